The molecule has 0 atom stereocenters. The number of anilines is 1. The molecule has 0 spiro atoms. The fourth-order valence-corrected chi connectivity index (χ4v) is 4.42. The summed E-state index contributed by atoms with van der Waals surface area (Å²) in [4.78, 5) is 21.5. The molecule has 156 valence electrons. The number of carboxylic acids is 1. The van der Waals surface area contributed by atoms with Gasteiger partial charge in [-0.2, -0.15) is 4.98 Å². The van der Waals surface area contributed by atoms with E-state index in [9.17, 15) is 9.90 Å². The molecule has 0 fully saturated rings. The van der Waals surface area contributed by atoms with Gasteiger partial charge < -0.3 is 10.4 Å². The molecule has 2 aromatic carbocycles. The average Bonchev–Trinajstić information content (AvgIpc) is 3.13. The van der Waals surface area contributed by atoms with Crippen molar-refractivity contribution in [3.05, 3.63) is 82.7 Å². The van der Waals surface area contributed by atoms with Gasteiger partial charge in [-0.05, 0) is 56.4 Å². The third kappa shape index (κ3) is 3.54. The molecule has 6 heteroatoms. The molecule has 4 aromatic rings. The van der Waals surface area contributed by atoms with Gasteiger partial charge >= 0.3 is 5.97 Å². The van der Waals surface area contributed by atoms with Crippen LogP contribution >= 0.6 is 0 Å². The zero-order chi connectivity index (χ0) is 21.4. The van der Waals surface area contributed by atoms with Gasteiger partial charge in [-0.3, -0.25) is 4.57 Å². The van der Waals surface area contributed by atoms with Crippen LogP contribution in [0.5, 0.6) is 0 Å². The minimum absolute atomic E-state index is 0.291. The maximum atomic E-state index is 11.7. The van der Waals surface area contributed by atoms with Crippen molar-refractivity contribution in [3.63, 3.8) is 0 Å². The van der Waals surface area contributed by atoms with Crippen molar-refractivity contribution < 1.29 is 9.90 Å². The first-order chi connectivity index (χ1) is 15.1. The lowest BCUT2D eigenvalue weighted by molar-refractivity contribution is 0.0699. The van der Waals surface area contributed by atoms with E-state index in [0.717, 1.165) is 48.4 Å². The second kappa shape index (κ2) is 7.87. The predicted molar refractivity (Wildman–Crippen MR) is 121 cm³/mol. The Morgan fingerprint density at radius 2 is 1.87 bits per heavy atom. The first-order valence-corrected chi connectivity index (χ1v) is 10.6. The van der Waals surface area contributed by atoms with Crippen molar-refractivity contribution >= 4 is 22.7 Å². The summed E-state index contributed by atoms with van der Waals surface area (Å²) in [7, 11) is 0. The molecule has 0 saturated heterocycles. The Kier molecular flexibility index (Phi) is 4.90. The van der Waals surface area contributed by atoms with E-state index in [2.05, 4.69) is 17.4 Å². The highest BCUT2D eigenvalue weighted by Crippen LogP contribution is 2.30. The van der Waals surface area contributed by atoms with Crippen molar-refractivity contribution in [3.8, 4) is 5.95 Å². The van der Waals surface area contributed by atoms with E-state index in [1.54, 1.807) is 12.1 Å². The normalized spacial score (nSPS) is 13.2. The number of aryl methyl sites for hydroxylation is 2. The predicted octanol–water partition coefficient (Wildman–Crippen LogP) is 4.92. The standard InChI is InChI=1S/C25H24N4O2/c1-16-14-20-18(24(30)31)11-7-13-22(20)29(16)25-27-21-12-6-5-10-19(21)23(28-25)26-15-17-8-3-2-4-9-17/h2-4,7-9,11,13-14H,5-6,10,12,15H2,1H3,(H,30,31)(H,26,27,28). The Labute approximate surface area is 180 Å². The van der Waals surface area contributed by atoms with Crippen LogP contribution in [0, 0.1) is 6.92 Å². The molecule has 2 heterocycles. The molecule has 6 nitrogen and oxygen atoms in total. The van der Waals surface area contributed by atoms with Crippen LogP contribution in [0.1, 0.15) is 45.7 Å². The van der Waals surface area contributed by atoms with E-state index in [1.165, 1.54) is 11.1 Å². The van der Waals surface area contributed by atoms with Crippen molar-refractivity contribution in [2.75, 3.05) is 5.32 Å². The third-order valence-corrected chi connectivity index (χ3v) is 5.93. The van der Waals surface area contributed by atoms with E-state index in [4.69, 9.17) is 9.97 Å². The zero-order valence-corrected chi connectivity index (χ0v) is 17.4. The van der Waals surface area contributed by atoms with Crippen LogP contribution < -0.4 is 5.32 Å². The van der Waals surface area contributed by atoms with E-state index in [1.807, 2.05) is 41.8 Å². The van der Waals surface area contributed by atoms with Gasteiger partial charge in [-0.25, -0.2) is 9.78 Å². The number of fused-ring (bicyclic) bond motifs is 2. The van der Waals surface area contributed by atoms with Crippen LogP contribution in [-0.2, 0) is 19.4 Å². The Balaban J connectivity index is 1.62. The molecule has 0 unspecified atom stereocenters. The monoisotopic (exact) mass is 412 g/mol. The Morgan fingerprint density at radius 3 is 2.68 bits per heavy atom. The molecule has 1 aliphatic rings. The summed E-state index contributed by atoms with van der Waals surface area (Å²) in [6, 6.07) is 17.5. The van der Waals surface area contributed by atoms with Crippen molar-refractivity contribution in [2.24, 2.45) is 0 Å². The molecule has 0 saturated carbocycles. The molecule has 2 aromatic heterocycles. The van der Waals surface area contributed by atoms with E-state index in [-0.39, 0.29) is 0 Å². The molecule has 0 bridgehead atoms. The summed E-state index contributed by atoms with van der Waals surface area (Å²) < 4.78 is 1.96. The first-order valence-electron chi connectivity index (χ1n) is 10.6. The number of aromatic carboxylic acids is 1. The summed E-state index contributed by atoms with van der Waals surface area (Å²) in [6.07, 6.45) is 4.17. The maximum Gasteiger partial charge on any atom is 0.336 e. The minimum atomic E-state index is -0.931. The fraction of sp³-hybridized carbons (Fsp3) is 0.240. The number of nitrogens with zero attached hydrogens (tertiary/aromatic N) is 3. The Bertz CT molecular complexity index is 1280. The van der Waals surface area contributed by atoms with Crippen molar-refractivity contribution in [1.82, 2.24) is 14.5 Å². The summed E-state index contributed by atoms with van der Waals surface area (Å²) >= 11 is 0. The topological polar surface area (TPSA) is 80.0 Å². The third-order valence-electron chi connectivity index (χ3n) is 5.93. The van der Waals surface area contributed by atoms with Crippen LogP contribution in [0.2, 0.25) is 0 Å². The largest absolute Gasteiger partial charge is 0.478 e. The van der Waals surface area contributed by atoms with Gasteiger partial charge in [0.2, 0.25) is 5.95 Å². The number of nitrogens with one attached hydrogen (secondary N) is 1. The number of rotatable bonds is 5. The molecule has 31 heavy (non-hydrogen) atoms. The van der Waals surface area contributed by atoms with E-state index < -0.39 is 5.97 Å². The Hall–Kier alpha value is -3.67. The molecular weight excluding hydrogens is 388 g/mol. The number of hydrogen-bond donors (Lipinski definition) is 2. The van der Waals surface area contributed by atoms with Crippen LogP contribution in [0.3, 0.4) is 0 Å². The highest BCUT2D eigenvalue weighted by Gasteiger charge is 2.21. The number of carboxylic acid groups (broad SMARTS) is 1. The SMILES string of the molecule is Cc1cc2c(C(=O)O)cccc2n1-c1nc2c(c(NCc3ccccc3)n1)CCCC2. The highest BCUT2D eigenvalue weighted by atomic mass is 16.4. The Morgan fingerprint density at radius 1 is 1.06 bits per heavy atom. The molecule has 1 aliphatic carbocycles. The maximum absolute atomic E-state index is 11.7. The summed E-state index contributed by atoms with van der Waals surface area (Å²) in [5.74, 6) is 0.532. The molecule has 2 N–H and O–H groups in total. The van der Waals surface area contributed by atoms with E-state index >= 15 is 0 Å². The molecule has 0 aliphatic heterocycles. The van der Waals surface area contributed by atoms with Gasteiger partial charge in [-0.1, -0.05) is 36.4 Å². The average molecular weight is 412 g/mol. The van der Waals surface area contributed by atoms with Gasteiger partial charge in [0, 0.05) is 23.2 Å². The molecular formula is C25H24N4O2. The van der Waals surface area contributed by atoms with Crippen molar-refractivity contribution in [2.45, 2.75) is 39.2 Å². The second-order valence-electron chi connectivity index (χ2n) is 8.01. The quantitative estimate of drug-likeness (QED) is 0.486. The number of benzene rings is 2. The lowest BCUT2D eigenvalue weighted by Gasteiger charge is -2.21. The first kappa shape index (κ1) is 19.3. The summed E-state index contributed by atoms with van der Waals surface area (Å²) in [6.45, 7) is 2.66. The van der Waals surface area contributed by atoms with Gasteiger partial charge in [-0.15, -0.1) is 0 Å². The van der Waals surface area contributed by atoms with Crippen LogP contribution in [0.4, 0.5) is 5.82 Å². The molecule has 0 amide bonds. The smallest absolute Gasteiger partial charge is 0.336 e. The van der Waals surface area contributed by atoms with Gasteiger partial charge in [0.05, 0.1) is 16.8 Å². The zero-order valence-electron chi connectivity index (χ0n) is 17.4. The fourth-order valence-electron chi connectivity index (χ4n) is 4.42. The molecule has 0 radical (unpaired) electrons. The molecule has 5 rings (SSSR count). The lowest BCUT2D eigenvalue weighted by Crippen LogP contribution is -2.16. The second-order valence-corrected chi connectivity index (χ2v) is 8.01. The van der Waals surface area contributed by atoms with Gasteiger partial charge in [0.25, 0.3) is 0 Å². The number of aromatic nitrogens is 3. The van der Waals surface area contributed by atoms with Gasteiger partial charge in [0.1, 0.15) is 5.82 Å². The van der Waals surface area contributed by atoms with Crippen LogP contribution in [0.15, 0.2) is 54.6 Å². The highest BCUT2D eigenvalue weighted by molar-refractivity contribution is 6.03. The number of hydrogen-bond acceptors (Lipinski definition) is 4. The van der Waals surface area contributed by atoms with Crippen molar-refractivity contribution in [1.29, 1.82) is 0 Å². The minimum Gasteiger partial charge on any atom is -0.478 e. The van der Waals surface area contributed by atoms with E-state index in [0.29, 0.717) is 23.4 Å². The van der Waals surface area contributed by atoms with Crippen LogP contribution in [0.25, 0.3) is 16.9 Å². The van der Waals surface area contributed by atoms with Crippen LogP contribution in [-0.4, -0.2) is 25.6 Å². The summed E-state index contributed by atoms with van der Waals surface area (Å²) in [5, 5.41) is 13.8. The number of carbonyl (C=O) groups is 1. The lowest BCUT2D eigenvalue weighted by atomic mass is 9.96. The summed E-state index contributed by atoms with van der Waals surface area (Å²) in [5.41, 5.74) is 5.49. The van der Waals surface area contributed by atoms with Gasteiger partial charge in [0.15, 0.2) is 0 Å².